The smallest absolute Gasteiger partial charge is 0.173 e. The summed E-state index contributed by atoms with van der Waals surface area (Å²) >= 11 is 0. The van der Waals surface area contributed by atoms with Gasteiger partial charge in [-0.05, 0) is 7.05 Å². The number of aliphatic hydroxyl groups is 4. The van der Waals surface area contributed by atoms with Crippen LogP contribution in [0, 0.1) is 0 Å². The molecule has 0 aliphatic carbocycles. The Morgan fingerprint density at radius 3 is 2.31 bits per heavy atom. The standard InChI is InChI=1S/C7H15NO5/c1-8-4-6(11)5(10)3(2-9)13-7(4)12/h3-12H,2H2,1H3/t3-,4-,5+,6-,7?/m1/s1. The van der Waals surface area contributed by atoms with Crippen LogP contribution in [-0.4, -0.2) is 64.7 Å². The van der Waals surface area contributed by atoms with Gasteiger partial charge in [-0.3, -0.25) is 0 Å². The molecule has 1 aliphatic rings. The molecule has 1 rings (SSSR count). The Bertz CT molecular complexity index is 167. The zero-order valence-corrected chi connectivity index (χ0v) is 7.29. The van der Waals surface area contributed by atoms with Gasteiger partial charge in [0.1, 0.15) is 18.3 Å². The molecule has 1 heterocycles. The first-order valence-electron chi connectivity index (χ1n) is 4.09. The Hall–Kier alpha value is -0.240. The third-order valence-corrected chi connectivity index (χ3v) is 2.23. The second-order valence-corrected chi connectivity index (χ2v) is 3.04. The van der Waals surface area contributed by atoms with Gasteiger partial charge in [-0.15, -0.1) is 0 Å². The highest BCUT2D eigenvalue weighted by molar-refractivity contribution is 4.91. The molecule has 0 spiro atoms. The molecule has 5 atom stereocenters. The minimum absolute atomic E-state index is 0.439. The zero-order chi connectivity index (χ0) is 10.0. The van der Waals surface area contributed by atoms with E-state index in [2.05, 4.69) is 5.32 Å². The monoisotopic (exact) mass is 193 g/mol. The Balaban J connectivity index is 2.66. The van der Waals surface area contributed by atoms with E-state index in [1.54, 1.807) is 0 Å². The summed E-state index contributed by atoms with van der Waals surface area (Å²) < 4.78 is 4.85. The van der Waals surface area contributed by atoms with E-state index in [0.717, 1.165) is 0 Å². The SMILES string of the molecule is CN[C@H]1C(O)O[C@H](CO)[C@H](O)[C@@H]1O. The van der Waals surface area contributed by atoms with Crippen molar-refractivity contribution in [2.24, 2.45) is 0 Å². The molecule has 78 valence electrons. The predicted octanol–water partition coefficient (Wildman–Crippen LogP) is -2.99. The highest BCUT2D eigenvalue weighted by atomic mass is 16.6. The van der Waals surface area contributed by atoms with Gasteiger partial charge in [0.2, 0.25) is 0 Å². The molecule has 0 aromatic carbocycles. The summed E-state index contributed by atoms with van der Waals surface area (Å²) in [5, 5.41) is 39.4. The van der Waals surface area contributed by atoms with Crippen LogP contribution in [0.15, 0.2) is 0 Å². The lowest BCUT2D eigenvalue weighted by Gasteiger charge is -2.39. The van der Waals surface area contributed by atoms with Crippen molar-refractivity contribution in [1.82, 2.24) is 5.32 Å². The summed E-state index contributed by atoms with van der Waals surface area (Å²) in [4.78, 5) is 0. The van der Waals surface area contributed by atoms with Crippen LogP contribution in [0.2, 0.25) is 0 Å². The maximum Gasteiger partial charge on any atom is 0.173 e. The fraction of sp³-hybridized carbons (Fsp3) is 1.00. The first kappa shape index (κ1) is 10.8. The van der Waals surface area contributed by atoms with Crippen LogP contribution in [0.3, 0.4) is 0 Å². The molecule has 1 saturated heterocycles. The molecular weight excluding hydrogens is 178 g/mol. The molecule has 6 heteroatoms. The van der Waals surface area contributed by atoms with Crippen LogP contribution in [0.4, 0.5) is 0 Å². The van der Waals surface area contributed by atoms with E-state index < -0.39 is 37.3 Å². The van der Waals surface area contributed by atoms with Crippen molar-refractivity contribution in [3.05, 3.63) is 0 Å². The summed E-state index contributed by atoms with van der Waals surface area (Å²) in [6.45, 7) is -0.439. The first-order chi connectivity index (χ1) is 6.11. The quantitative estimate of drug-likeness (QED) is 0.320. The van der Waals surface area contributed by atoms with Crippen LogP contribution in [0.25, 0.3) is 0 Å². The minimum atomic E-state index is -1.22. The van der Waals surface area contributed by atoms with Crippen LogP contribution in [0.1, 0.15) is 0 Å². The second kappa shape index (κ2) is 4.32. The minimum Gasteiger partial charge on any atom is -0.394 e. The van der Waals surface area contributed by atoms with Crippen molar-refractivity contribution >= 4 is 0 Å². The Morgan fingerprint density at radius 1 is 1.23 bits per heavy atom. The highest BCUT2D eigenvalue weighted by Gasteiger charge is 2.42. The van der Waals surface area contributed by atoms with Crippen molar-refractivity contribution in [2.75, 3.05) is 13.7 Å². The normalized spacial score (nSPS) is 46.4. The fourth-order valence-electron chi connectivity index (χ4n) is 1.41. The van der Waals surface area contributed by atoms with Gasteiger partial charge >= 0.3 is 0 Å². The number of rotatable bonds is 2. The van der Waals surface area contributed by atoms with Gasteiger partial charge in [0, 0.05) is 0 Å². The van der Waals surface area contributed by atoms with Crippen LogP contribution in [-0.2, 0) is 4.74 Å². The lowest BCUT2D eigenvalue weighted by molar-refractivity contribution is -0.253. The van der Waals surface area contributed by atoms with E-state index in [1.807, 2.05) is 0 Å². The Morgan fingerprint density at radius 2 is 1.85 bits per heavy atom. The van der Waals surface area contributed by atoms with Gasteiger partial charge in [0.05, 0.1) is 12.6 Å². The van der Waals surface area contributed by atoms with Crippen LogP contribution < -0.4 is 5.32 Å². The Kier molecular flexibility index (Phi) is 3.60. The van der Waals surface area contributed by atoms with Crippen molar-refractivity contribution in [3.63, 3.8) is 0 Å². The molecule has 0 aromatic heterocycles. The average Bonchev–Trinajstić information content (AvgIpc) is 2.12. The molecule has 1 fully saturated rings. The third-order valence-electron chi connectivity index (χ3n) is 2.23. The van der Waals surface area contributed by atoms with Gasteiger partial charge in [-0.1, -0.05) is 0 Å². The summed E-state index contributed by atoms with van der Waals surface area (Å²) in [6, 6.07) is -0.738. The lowest BCUT2D eigenvalue weighted by Crippen LogP contribution is -2.62. The lowest BCUT2D eigenvalue weighted by atomic mass is 9.97. The molecule has 6 nitrogen and oxygen atoms in total. The number of nitrogens with one attached hydrogen (secondary N) is 1. The zero-order valence-electron chi connectivity index (χ0n) is 7.29. The summed E-state index contributed by atoms with van der Waals surface area (Å²) in [7, 11) is 1.53. The van der Waals surface area contributed by atoms with Crippen LogP contribution in [0.5, 0.6) is 0 Å². The molecular formula is C7H15NO5. The topological polar surface area (TPSA) is 102 Å². The van der Waals surface area contributed by atoms with Crippen molar-refractivity contribution in [2.45, 2.75) is 30.6 Å². The molecule has 1 aliphatic heterocycles. The van der Waals surface area contributed by atoms with Gasteiger partial charge in [0.25, 0.3) is 0 Å². The van der Waals surface area contributed by atoms with Gasteiger partial charge in [-0.25, -0.2) is 0 Å². The maximum absolute atomic E-state index is 9.45. The summed E-state index contributed by atoms with van der Waals surface area (Å²) in [5.74, 6) is 0. The molecule has 0 saturated carbocycles. The van der Waals surface area contributed by atoms with E-state index in [0.29, 0.717) is 0 Å². The van der Waals surface area contributed by atoms with Gasteiger partial charge < -0.3 is 30.5 Å². The van der Waals surface area contributed by atoms with Crippen LogP contribution >= 0.6 is 0 Å². The first-order valence-corrected chi connectivity index (χ1v) is 4.09. The number of aliphatic hydroxyl groups excluding tert-OH is 4. The molecule has 0 bridgehead atoms. The summed E-state index contributed by atoms with van der Waals surface area (Å²) in [6.07, 6.45) is -4.49. The second-order valence-electron chi connectivity index (χ2n) is 3.04. The molecule has 0 radical (unpaired) electrons. The van der Waals surface area contributed by atoms with E-state index in [4.69, 9.17) is 9.84 Å². The van der Waals surface area contributed by atoms with E-state index in [9.17, 15) is 15.3 Å². The predicted molar refractivity (Wildman–Crippen MR) is 42.8 cm³/mol. The molecule has 0 aromatic rings. The molecule has 0 amide bonds. The fourth-order valence-corrected chi connectivity index (χ4v) is 1.41. The largest absolute Gasteiger partial charge is 0.394 e. The molecule has 5 N–H and O–H groups in total. The van der Waals surface area contributed by atoms with Crippen molar-refractivity contribution in [3.8, 4) is 0 Å². The van der Waals surface area contributed by atoms with Crippen molar-refractivity contribution in [1.29, 1.82) is 0 Å². The Labute approximate surface area is 75.8 Å². The number of ether oxygens (including phenoxy) is 1. The molecule has 13 heavy (non-hydrogen) atoms. The third kappa shape index (κ3) is 1.98. The highest BCUT2D eigenvalue weighted by Crippen LogP contribution is 2.18. The molecule has 1 unspecified atom stereocenters. The number of hydrogen-bond acceptors (Lipinski definition) is 6. The maximum atomic E-state index is 9.45. The van der Waals surface area contributed by atoms with E-state index in [-0.39, 0.29) is 0 Å². The summed E-state index contributed by atoms with van der Waals surface area (Å²) in [5.41, 5.74) is 0. The number of likely N-dealkylation sites (N-methyl/N-ethyl adjacent to an activating group) is 1. The van der Waals surface area contributed by atoms with E-state index in [1.165, 1.54) is 7.05 Å². The van der Waals surface area contributed by atoms with Gasteiger partial charge in [0.15, 0.2) is 6.29 Å². The van der Waals surface area contributed by atoms with Gasteiger partial charge in [-0.2, -0.15) is 0 Å². The van der Waals surface area contributed by atoms with E-state index >= 15 is 0 Å². The number of hydrogen-bond donors (Lipinski definition) is 5. The van der Waals surface area contributed by atoms with Crippen molar-refractivity contribution < 1.29 is 25.2 Å². The average molecular weight is 193 g/mol.